The number of carbonyl (C=O) groups excluding carboxylic acids is 1. The molecule has 2 aromatic rings. The van der Waals surface area contributed by atoms with Gasteiger partial charge in [-0.05, 0) is 17.7 Å². The highest BCUT2D eigenvalue weighted by Gasteiger charge is 2.13. The van der Waals surface area contributed by atoms with Crippen LogP contribution >= 0.6 is 0 Å². The van der Waals surface area contributed by atoms with Gasteiger partial charge in [0.25, 0.3) is 0 Å². The number of methoxy groups -OCH3 is 1. The fourth-order valence-corrected chi connectivity index (χ4v) is 1.98. The van der Waals surface area contributed by atoms with Crippen LogP contribution in [-0.4, -0.2) is 40.8 Å². The average Bonchev–Trinajstić information content (AvgIpc) is 2.63. The largest absolute Gasteiger partial charge is 0.505 e. The molecule has 0 fully saturated rings. The van der Waals surface area contributed by atoms with Gasteiger partial charge in [-0.25, -0.2) is 10.5 Å². The summed E-state index contributed by atoms with van der Waals surface area (Å²) in [6, 6.07) is 7.45. The highest BCUT2D eigenvalue weighted by molar-refractivity contribution is 5.77. The van der Waals surface area contributed by atoms with E-state index in [0.717, 1.165) is 11.3 Å². The van der Waals surface area contributed by atoms with Crippen LogP contribution in [-0.2, 0) is 24.6 Å². The second-order valence-electron chi connectivity index (χ2n) is 4.84. The Kier molecular flexibility index (Phi) is 9.12. The van der Waals surface area contributed by atoms with Gasteiger partial charge >= 0.3 is 0 Å². The first kappa shape index (κ1) is 20.5. The Morgan fingerprint density at radius 1 is 1.24 bits per heavy atom. The Balaban J connectivity index is 0.000000970. The molecule has 4 N–H and O–H groups in total. The second-order valence-corrected chi connectivity index (χ2v) is 4.84. The van der Waals surface area contributed by atoms with E-state index in [4.69, 9.17) is 14.7 Å². The molecule has 0 amide bonds. The number of rotatable bonds is 7. The van der Waals surface area contributed by atoms with Crippen molar-refractivity contribution in [1.82, 2.24) is 10.5 Å². The van der Waals surface area contributed by atoms with E-state index in [2.05, 4.69) is 4.98 Å². The van der Waals surface area contributed by atoms with Gasteiger partial charge in [0.1, 0.15) is 17.2 Å². The predicted octanol–water partition coefficient (Wildman–Crippen LogP) is 1.41. The molecule has 0 radical (unpaired) electrons. The lowest BCUT2D eigenvalue weighted by molar-refractivity contribution is 0.104. The van der Waals surface area contributed by atoms with Gasteiger partial charge in [-0.15, -0.1) is 0 Å². The number of hydroxylamine groups is 1. The molecule has 0 aliphatic rings. The van der Waals surface area contributed by atoms with E-state index in [-0.39, 0.29) is 23.6 Å². The molecule has 0 unspecified atom stereocenters. The number of aromatic nitrogens is 1. The molecule has 1 heterocycles. The Morgan fingerprint density at radius 2 is 1.88 bits per heavy atom. The number of aliphatic hydroxyl groups is 1. The average molecular weight is 350 g/mol. The van der Waals surface area contributed by atoms with Crippen molar-refractivity contribution < 1.29 is 29.7 Å². The van der Waals surface area contributed by atoms with Crippen LogP contribution < -0.4 is 10.2 Å². The van der Waals surface area contributed by atoms with Gasteiger partial charge < -0.3 is 24.9 Å². The van der Waals surface area contributed by atoms with Gasteiger partial charge in [-0.2, -0.15) is 0 Å². The smallest absolute Gasteiger partial charge is 0.172 e. The number of nitrogens with zero attached hydrogens (tertiary/aromatic N) is 1. The zero-order valence-corrected chi connectivity index (χ0v) is 14.1. The lowest BCUT2D eigenvalue weighted by Gasteiger charge is -2.11. The molecule has 2 rings (SSSR count). The summed E-state index contributed by atoms with van der Waals surface area (Å²) in [5, 5.41) is 26.5. The molecule has 25 heavy (non-hydrogen) atoms. The zero-order chi connectivity index (χ0) is 18.7. The van der Waals surface area contributed by atoms with E-state index in [9.17, 15) is 15.0 Å². The van der Waals surface area contributed by atoms with E-state index >= 15 is 0 Å². The summed E-state index contributed by atoms with van der Waals surface area (Å²) in [7, 11) is 3.03. The number of hydrogen-bond acceptors (Lipinski definition) is 8. The minimum Gasteiger partial charge on any atom is -0.505 e. The summed E-state index contributed by atoms with van der Waals surface area (Å²) in [6.07, 6.45) is 1.86. The van der Waals surface area contributed by atoms with Gasteiger partial charge in [0.2, 0.25) is 0 Å². The van der Waals surface area contributed by atoms with Gasteiger partial charge in [-0.1, -0.05) is 12.1 Å². The number of ether oxygens (including phenoxy) is 2. The second kappa shape index (κ2) is 11.1. The van der Waals surface area contributed by atoms with Crippen LogP contribution in [0.15, 0.2) is 30.5 Å². The van der Waals surface area contributed by atoms with Crippen LogP contribution in [0, 0.1) is 0 Å². The first-order valence-corrected chi connectivity index (χ1v) is 7.38. The maximum atomic E-state index is 10.7. The Bertz CT molecular complexity index is 661. The Morgan fingerprint density at radius 3 is 2.40 bits per heavy atom. The van der Waals surface area contributed by atoms with Crippen LogP contribution in [0.25, 0.3) is 0 Å². The molecule has 1 aromatic carbocycles. The molecular formula is C17H22N2O6. The van der Waals surface area contributed by atoms with Crippen LogP contribution in [0.3, 0.4) is 0 Å². The van der Waals surface area contributed by atoms with Crippen molar-refractivity contribution in [3.8, 4) is 11.5 Å². The maximum Gasteiger partial charge on any atom is 0.172 e. The van der Waals surface area contributed by atoms with E-state index in [1.165, 1.54) is 13.2 Å². The number of aliphatic hydroxyl groups excluding tert-OH is 1. The normalized spacial score (nSPS) is 9.92. The fraction of sp³-hybridized carbons (Fsp3) is 0.294. The molecular weight excluding hydrogens is 328 g/mol. The van der Waals surface area contributed by atoms with Crippen LogP contribution in [0.5, 0.6) is 11.5 Å². The molecule has 136 valence electrons. The van der Waals surface area contributed by atoms with Crippen LogP contribution in [0.4, 0.5) is 0 Å². The number of hydrogen-bond donors (Lipinski definition) is 4. The van der Waals surface area contributed by atoms with Crippen molar-refractivity contribution in [2.75, 3.05) is 14.2 Å². The highest BCUT2D eigenvalue weighted by atomic mass is 16.5. The molecule has 0 bridgehead atoms. The van der Waals surface area contributed by atoms with Gasteiger partial charge in [0, 0.05) is 24.4 Å². The summed E-state index contributed by atoms with van der Waals surface area (Å²) < 4.78 is 10.6. The molecule has 0 spiro atoms. The number of carbonyl (C=O) groups is 1. The monoisotopic (exact) mass is 350 g/mol. The molecule has 0 saturated heterocycles. The number of nitrogens with one attached hydrogen (secondary N) is 1. The molecule has 0 atom stereocenters. The first-order chi connectivity index (χ1) is 12.1. The van der Waals surface area contributed by atoms with Gasteiger partial charge in [0.15, 0.2) is 6.29 Å². The minimum atomic E-state index is -0.392. The highest BCUT2D eigenvalue weighted by Crippen LogP contribution is 2.24. The SMILES string of the molecule is CNO.COc1ccc(COCc2cnc(C=O)c(O)c2CO)cc1. The molecule has 0 saturated carbocycles. The quantitative estimate of drug-likeness (QED) is 0.437. The van der Waals surface area contributed by atoms with Crippen LogP contribution in [0.2, 0.25) is 0 Å². The summed E-state index contributed by atoms with van der Waals surface area (Å²) in [5.74, 6) is 0.466. The van der Waals surface area contributed by atoms with E-state index in [1.54, 1.807) is 12.6 Å². The van der Waals surface area contributed by atoms with Gasteiger partial charge in [0.05, 0.1) is 26.9 Å². The maximum absolute atomic E-state index is 10.7. The summed E-state index contributed by atoms with van der Waals surface area (Å²) >= 11 is 0. The summed E-state index contributed by atoms with van der Waals surface area (Å²) in [4.78, 5) is 14.5. The minimum absolute atomic E-state index is 0.0945. The summed E-state index contributed by atoms with van der Waals surface area (Å²) in [6.45, 7) is 0.142. The van der Waals surface area contributed by atoms with Crippen molar-refractivity contribution >= 4 is 6.29 Å². The standard InChI is InChI=1S/C16H17NO5.CH5NO/c1-21-13-4-2-11(3-5-13)9-22-10-12-6-17-15(8-19)16(20)14(12)7-18;1-2-3/h2-6,8,18,20H,7,9-10H2,1H3;2-3H,1H3. The zero-order valence-electron chi connectivity index (χ0n) is 14.1. The number of pyridine rings is 1. The van der Waals surface area contributed by atoms with Crippen LogP contribution in [0.1, 0.15) is 27.2 Å². The van der Waals surface area contributed by atoms with Crippen molar-refractivity contribution in [3.05, 3.63) is 52.8 Å². The number of aldehydes is 1. The topological polar surface area (TPSA) is 121 Å². The Labute approximate surface area is 145 Å². The molecule has 8 nitrogen and oxygen atoms in total. The third kappa shape index (κ3) is 6.12. The van der Waals surface area contributed by atoms with E-state index < -0.39 is 6.61 Å². The fourth-order valence-electron chi connectivity index (χ4n) is 1.98. The molecule has 0 aliphatic heterocycles. The predicted molar refractivity (Wildman–Crippen MR) is 89.5 cm³/mol. The lowest BCUT2D eigenvalue weighted by atomic mass is 10.1. The molecule has 1 aromatic heterocycles. The van der Waals surface area contributed by atoms with Crippen molar-refractivity contribution in [3.63, 3.8) is 0 Å². The third-order valence-electron chi connectivity index (χ3n) is 3.23. The van der Waals surface area contributed by atoms with Crippen molar-refractivity contribution in [2.45, 2.75) is 19.8 Å². The van der Waals surface area contributed by atoms with E-state index in [0.29, 0.717) is 18.5 Å². The lowest BCUT2D eigenvalue weighted by Crippen LogP contribution is -2.03. The summed E-state index contributed by atoms with van der Waals surface area (Å²) in [5.41, 5.74) is 3.42. The Hall–Kier alpha value is -2.52. The molecule has 8 heteroatoms. The molecule has 0 aliphatic carbocycles. The van der Waals surface area contributed by atoms with Gasteiger partial charge in [-0.3, -0.25) is 4.79 Å². The third-order valence-corrected chi connectivity index (χ3v) is 3.23. The first-order valence-electron chi connectivity index (χ1n) is 7.38. The van der Waals surface area contributed by atoms with E-state index in [1.807, 2.05) is 24.3 Å². The van der Waals surface area contributed by atoms with Crippen molar-refractivity contribution in [2.24, 2.45) is 0 Å². The number of aromatic hydroxyl groups is 1. The van der Waals surface area contributed by atoms with Crippen molar-refractivity contribution in [1.29, 1.82) is 0 Å². The number of benzene rings is 1.